The maximum atomic E-state index is 11.7. The topological polar surface area (TPSA) is 222 Å². The van der Waals surface area contributed by atoms with Gasteiger partial charge < -0.3 is 49.7 Å². The molecule has 0 bridgehead atoms. The molecule has 3 heterocycles. The highest BCUT2D eigenvalue weighted by molar-refractivity contribution is 7.53. The molecule has 1 aliphatic heterocycles. The van der Waals surface area contributed by atoms with Gasteiger partial charge in [-0.15, -0.1) is 0 Å². The van der Waals surface area contributed by atoms with Crippen molar-refractivity contribution in [3.63, 3.8) is 0 Å². The first kappa shape index (κ1) is 28.1. The Morgan fingerprint density at radius 2 is 1.97 bits per heavy atom. The number of hydrogen-bond donors (Lipinski definition) is 7. The number of aliphatic hydroxyl groups excluding tert-OH is 4. The van der Waals surface area contributed by atoms with Crippen LogP contribution in [0.1, 0.15) is 45.8 Å². The summed E-state index contributed by atoms with van der Waals surface area (Å²) >= 11 is 0. The summed E-state index contributed by atoms with van der Waals surface area (Å²) < 4.78 is 29.5. The number of ether oxygens (including phenoxy) is 3. The van der Waals surface area contributed by atoms with Gasteiger partial charge >= 0.3 is 13.6 Å². The second-order valence-corrected chi connectivity index (χ2v) is 11.7. The van der Waals surface area contributed by atoms with Crippen molar-refractivity contribution in [3.8, 4) is 6.01 Å². The lowest BCUT2D eigenvalue weighted by molar-refractivity contribution is -0.104. The van der Waals surface area contributed by atoms with Gasteiger partial charge in [-0.25, -0.2) is 4.68 Å². The van der Waals surface area contributed by atoms with E-state index in [2.05, 4.69) is 20.4 Å². The van der Waals surface area contributed by atoms with Crippen LogP contribution >= 0.6 is 7.60 Å². The summed E-state index contributed by atoms with van der Waals surface area (Å²) in [4.78, 5) is 27.8. The molecule has 2 fully saturated rings. The largest absolute Gasteiger partial charge is 0.461 e. The van der Waals surface area contributed by atoms with Gasteiger partial charge in [-0.05, 0) is 26.7 Å². The Kier molecular flexibility index (Phi) is 8.38. The normalized spacial score (nSPS) is 27.5. The first-order chi connectivity index (χ1) is 17.4. The van der Waals surface area contributed by atoms with Crippen LogP contribution in [0.3, 0.4) is 0 Å². The summed E-state index contributed by atoms with van der Waals surface area (Å²) in [5.74, 6) is 0.469. The number of nitrogens with one attached hydrogen (secondary N) is 1. The highest BCUT2D eigenvalue weighted by atomic mass is 31.2. The molecule has 1 aliphatic carbocycles. The van der Waals surface area contributed by atoms with E-state index in [1.165, 1.54) is 10.9 Å². The lowest BCUT2D eigenvalue weighted by Gasteiger charge is -2.29. The average molecular weight is 548 g/mol. The first-order valence-electron chi connectivity index (χ1n) is 12.1. The highest BCUT2D eigenvalue weighted by Crippen LogP contribution is 2.51. The number of nitrogens with zero attached hydrogens (tertiary/aromatic N) is 4. The van der Waals surface area contributed by atoms with Crippen LogP contribution in [-0.4, -0.2) is 106 Å². The van der Waals surface area contributed by atoms with E-state index in [1.54, 1.807) is 6.92 Å². The highest BCUT2D eigenvalue weighted by Gasteiger charge is 2.48. The van der Waals surface area contributed by atoms with Crippen molar-refractivity contribution in [1.29, 1.82) is 0 Å². The number of aromatic nitrogens is 4. The number of anilines is 1. The Morgan fingerprint density at radius 1 is 1.27 bits per heavy atom. The van der Waals surface area contributed by atoms with Crippen LogP contribution in [0.5, 0.6) is 6.01 Å². The molecule has 1 unspecified atom stereocenters. The molecule has 16 heteroatoms. The van der Waals surface area contributed by atoms with Crippen molar-refractivity contribution < 1.29 is 49.0 Å². The van der Waals surface area contributed by atoms with Gasteiger partial charge in [-0.3, -0.25) is 4.57 Å². The van der Waals surface area contributed by atoms with E-state index < -0.39 is 56.8 Å². The molecule has 6 atom stereocenters. The second kappa shape index (κ2) is 11.0. The Balaban J connectivity index is 1.60. The van der Waals surface area contributed by atoms with Gasteiger partial charge in [0.1, 0.15) is 30.7 Å². The predicted molar refractivity (Wildman–Crippen MR) is 128 cm³/mol. The molecular formula is C21H34N5O10P. The van der Waals surface area contributed by atoms with Crippen LogP contribution < -0.4 is 10.1 Å². The van der Waals surface area contributed by atoms with Gasteiger partial charge in [0.15, 0.2) is 17.2 Å². The van der Waals surface area contributed by atoms with E-state index >= 15 is 0 Å². The van der Waals surface area contributed by atoms with Crippen molar-refractivity contribution in [2.24, 2.45) is 0 Å². The van der Waals surface area contributed by atoms with E-state index in [4.69, 9.17) is 14.2 Å². The van der Waals surface area contributed by atoms with Crippen molar-refractivity contribution in [2.45, 2.75) is 81.6 Å². The fourth-order valence-corrected chi connectivity index (χ4v) is 4.70. The maximum Gasteiger partial charge on any atom is 0.359 e. The quantitative estimate of drug-likeness (QED) is 0.176. The number of rotatable bonds is 11. The molecule has 1 saturated carbocycles. The molecular weight excluding hydrogens is 513 g/mol. The molecule has 1 saturated heterocycles. The van der Waals surface area contributed by atoms with E-state index in [0.717, 1.165) is 32.6 Å². The molecule has 2 aromatic heterocycles. The SMILES string of the molecule is C[C@H](O)COc1nc(NC2CCCC2)c2cnn([C@@H]3O[C@H](COC(C)(CO)P(=O)(O)O)[C@@H](O)[C@H]3O)c2n1. The number of aliphatic hydroxyl groups is 4. The second-order valence-electron chi connectivity index (χ2n) is 9.70. The summed E-state index contributed by atoms with van der Waals surface area (Å²) in [6, 6.07) is 0.182. The van der Waals surface area contributed by atoms with E-state index in [1.807, 2.05) is 0 Å². The van der Waals surface area contributed by atoms with Gasteiger partial charge in [0.05, 0.1) is 30.9 Å². The van der Waals surface area contributed by atoms with Crippen LogP contribution in [0.25, 0.3) is 11.0 Å². The lowest BCUT2D eigenvalue weighted by Crippen LogP contribution is -2.39. The lowest BCUT2D eigenvalue weighted by atomic mass is 10.1. The van der Waals surface area contributed by atoms with Gasteiger partial charge in [-0.2, -0.15) is 15.1 Å². The van der Waals surface area contributed by atoms with Crippen molar-refractivity contribution in [1.82, 2.24) is 19.7 Å². The van der Waals surface area contributed by atoms with Crippen LogP contribution in [0.15, 0.2) is 6.20 Å². The molecule has 0 aromatic carbocycles. The van der Waals surface area contributed by atoms with Crippen molar-refractivity contribution in [2.75, 3.05) is 25.1 Å². The van der Waals surface area contributed by atoms with Crippen molar-refractivity contribution >= 4 is 24.4 Å². The summed E-state index contributed by atoms with van der Waals surface area (Å²) in [5.41, 5.74) is 0.240. The minimum absolute atomic E-state index is 0.0241. The van der Waals surface area contributed by atoms with Gasteiger partial charge in [0, 0.05) is 6.04 Å². The third kappa shape index (κ3) is 5.90. The minimum Gasteiger partial charge on any atom is -0.461 e. The molecule has 2 aliphatic rings. The molecule has 208 valence electrons. The Labute approximate surface area is 212 Å². The fourth-order valence-electron chi connectivity index (χ4n) is 4.28. The summed E-state index contributed by atoms with van der Waals surface area (Å²) in [6.45, 7) is 1.04. The van der Waals surface area contributed by atoms with Gasteiger partial charge in [0.2, 0.25) is 0 Å². The third-order valence-corrected chi connectivity index (χ3v) is 8.13. The predicted octanol–water partition coefficient (Wildman–Crippen LogP) is -0.538. The molecule has 37 heavy (non-hydrogen) atoms. The van der Waals surface area contributed by atoms with Gasteiger partial charge in [-0.1, -0.05) is 12.8 Å². The molecule has 0 radical (unpaired) electrons. The molecule has 7 N–H and O–H groups in total. The van der Waals surface area contributed by atoms with E-state index in [9.17, 15) is 34.8 Å². The molecule has 15 nitrogen and oxygen atoms in total. The van der Waals surface area contributed by atoms with Crippen molar-refractivity contribution in [3.05, 3.63) is 6.20 Å². The van der Waals surface area contributed by atoms with E-state index in [-0.39, 0.29) is 24.3 Å². The maximum absolute atomic E-state index is 11.7. The van der Waals surface area contributed by atoms with Crippen LogP contribution in [-0.2, 0) is 14.0 Å². The molecule has 0 amide bonds. The van der Waals surface area contributed by atoms with Crippen LogP contribution in [0, 0.1) is 0 Å². The minimum atomic E-state index is -4.86. The number of hydrogen-bond acceptors (Lipinski definition) is 12. The summed E-state index contributed by atoms with van der Waals surface area (Å²) in [7, 11) is -4.86. The monoisotopic (exact) mass is 547 g/mol. The zero-order valence-corrected chi connectivity index (χ0v) is 21.4. The van der Waals surface area contributed by atoms with Crippen LogP contribution in [0.4, 0.5) is 5.82 Å². The zero-order chi connectivity index (χ0) is 27.0. The zero-order valence-electron chi connectivity index (χ0n) is 20.5. The molecule has 4 rings (SSSR count). The fraction of sp³-hybridized carbons (Fsp3) is 0.762. The molecule has 0 spiro atoms. The van der Waals surface area contributed by atoms with Crippen LogP contribution in [0.2, 0.25) is 0 Å². The molecule has 2 aromatic rings. The smallest absolute Gasteiger partial charge is 0.359 e. The number of fused-ring (bicyclic) bond motifs is 1. The van der Waals surface area contributed by atoms with Gasteiger partial charge in [0.25, 0.3) is 0 Å². The van der Waals surface area contributed by atoms with E-state index in [0.29, 0.717) is 11.2 Å². The average Bonchev–Trinajstić information content (AvgIpc) is 3.56. The first-order valence-corrected chi connectivity index (χ1v) is 13.7. The Bertz CT molecular complexity index is 1120. The summed E-state index contributed by atoms with van der Waals surface area (Å²) in [6.07, 6.45) is -0.530. The summed E-state index contributed by atoms with van der Waals surface area (Å²) in [5, 5.41) is 46.3. The standard InChI is InChI=1S/C21H34N5O10P/c1-11(28)8-34-20-24-17(23-12-5-3-4-6-12)13-7-22-26(18(13)25-20)19-16(30)15(29)14(36-19)9-35-21(2,10-27)37(31,32)33/h7,11-12,14-16,19,27-30H,3-6,8-10H2,1-2H3,(H,23,24,25)(H2,31,32,33)/t11-,14+,15+,16+,19+,21?/m0/s1. The third-order valence-electron chi connectivity index (χ3n) is 6.63. The Hall–Kier alpha value is -1.94. The Morgan fingerprint density at radius 3 is 2.59 bits per heavy atom.